The van der Waals surface area contributed by atoms with E-state index in [0.29, 0.717) is 19.4 Å². The van der Waals surface area contributed by atoms with Gasteiger partial charge < -0.3 is 5.32 Å². The fourth-order valence-corrected chi connectivity index (χ4v) is 6.23. The van der Waals surface area contributed by atoms with Crippen molar-refractivity contribution in [1.29, 1.82) is 0 Å². The van der Waals surface area contributed by atoms with Crippen LogP contribution >= 0.6 is 0 Å². The highest BCUT2D eigenvalue weighted by Gasteiger charge is 2.34. The molecule has 1 fully saturated rings. The molecule has 4 nitrogen and oxygen atoms in total. The third-order valence-electron chi connectivity index (χ3n) is 6.69. The molecule has 0 bridgehead atoms. The van der Waals surface area contributed by atoms with Gasteiger partial charge in [0.2, 0.25) is 10.0 Å². The first-order valence-electron chi connectivity index (χ1n) is 13.2. The highest BCUT2D eigenvalue weighted by Crippen LogP contribution is 2.35. The first-order valence-corrected chi connectivity index (χ1v) is 14.7. The summed E-state index contributed by atoms with van der Waals surface area (Å²) in [4.78, 5) is 0. The third-order valence-corrected chi connectivity index (χ3v) is 8.56. The number of unbranched alkanes of at least 4 members (excludes halogenated alkanes) is 7. The van der Waals surface area contributed by atoms with Gasteiger partial charge in [-0.2, -0.15) is 13.2 Å². The molecular weight excluding hydrogens is 461 g/mol. The number of rotatable bonds is 15. The fourth-order valence-electron chi connectivity index (χ4n) is 4.65. The molecule has 34 heavy (non-hydrogen) atoms. The topological polar surface area (TPSA) is 58.2 Å². The molecule has 0 unspecified atom stereocenters. The predicted molar refractivity (Wildman–Crippen MR) is 135 cm³/mol. The van der Waals surface area contributed by atoms with E-state index in [0.717, 1.165) is 51.1 Å². The van der Waals surface area contributed by atoms with Gasteiger partial charge in [0.1, 0.15) is 0 Å². The summed E-state index contributed by atoms with van der Waals surface area (Å²) in [7, 11) is -3.70. The van der Waals surface area contributed by atoms with E-state index >= 15 is 0 Å². The van der Waals surface area contributed by atoms with E-state index in [1.54, 1.807) is 0 Å². The maximum absolute atomic E-state index is 13.7. The molecule has 0 aromatic heterocycles. The molecule has 0 saturated heterocycles. The first-order chi connectivity index (χ1) is 16.2. The monoisotopic (exact) mass is 504 g/mol. The summed E-state index contributed by atoms with van der Waals surface area (Å²) in [6.45, 7) is 3.47. The predicted octanol–water partition coefficient (Wildman–Crippen LogP) is 7.44. The lowest BCUT2D eigenvalue weighted by molar-refractivity contribution is -0.138. The molecule has 2 rings (SSSR count). The number of anilines is 1. The van der Waals surface area contributed by atoms with Crippen molar-refractivity contribution in [2.45, 2.75) is 115 Å². The van der Waals surface area contributed by atoms with Crippen molar-refractivity contribution in [1.82, 2.24) is 5.32 Å². The molecule has 1 aliphatic carbocycles. The zero-order valence-electron chi connectivity index (χ0n) is 20.7. The van der Waals surface area contributed by atoms with Crippen molar-refractivity contribution in [3.63, 3.8) is 0 Å². The van der Waals surface area contributed by atoms with Gasteiger partial charge in [0.05, 0.1) is 10.8 Å². The maximum Gasteiger partial charge on any atom is 0.416 e. The number of hydrogen-bond acceptors (Lipinski definition) is 3. The average Bonchev–Trinajstić information content (AvgIpc) is 3.08. The van der Waals surface area contributed by atoms with Crippen LogP contribution in [-0.4, -0.2) is 26.8 Å². The Hall–Kier alpha value is -1.28. The summed E-state index contributed by atoms with van der Waals surface area (Å²) >= 11 is 0. The summed E-state index contributed by atoms with van der Waals surface area (Å²) in [5.74, 6) is 0. The Labute approximate surface area is 204 Å². The zero-order chi connectivity index (χ0) is 24.9. The Morgan fingerprint density at radius 3 is 2.12 bits per heavy atom. The van der Waals surface area contributed by atoms with Gasteiger partial charge in [-0.25, -0.2) is 8.42 Å². The number of benzene rings is 1. The Morgan fingerprint density at radius 1 is 0.882 bits per heavy atom. The molecule has 1 aliphatic rings. The minimum absolute atomic E-state index is 0.00721. The number of hydrogen-bond donors (Lipinski definition) is 2. The molecule has 0 radical (unpaired) electrons. The number of nitrogens with one attached hydrogen (secondary N) is 2. The summed E-state index contributed by atoms with van der Waals surface area (Å²) in [6, 6.07) is 3.81. The Bertz CT molecular complexity index is 805. The minimum atomic E-state index is -4.53. The number of sulfonamides is 1. The molecule has 0 heterocycles. The van der Waals surface area contributed by atoms with E-state index in [1.807, 2.05) is 0 Å². The fraction of sp³-hybridized carbons (Fsp3) is 0.769. The van der Waals surface area contributed by atoms with Gasteiger partial charge in [0.15, 0.2) is 0 Å². The molecule has 0 atom stereocenters. The van der Waals surface area contributed by atoms with E-state index in [2.05, 4.69) is 17.0 Å². The van der Waals surface area contributed by atoms with Crippen LogP contribution in [0.2, 0.25) is 0 Å². The second kappa shape index (κ2) is 15.0. The molecule has 0 spiro atoms. The van der Waals surface area contributed by atoms with Crippen LogP contribution in [0.4, 0.5) is 18.9 Å². The minimum Gasteiger partial charge on any atom is -0.316 e. The van der Waals surface area contributed by atoms with Crippen LogP contribution in [-0.2, 0) is 22.6 Å². The number of alkyl halides is 3. The van der Waals surface area contributed by atoms with E-state index in [4.69, 9.17) is 0 Å². The van der Waals surface area contributed by atoms with Gasteiger partial charge in [0.25, 0.3) is 0 Å². The average molecular weight is 505 g/mol. The molecule has 2 N–H and O–H groups in total. The molecule has 8 heteroatoms. The van der Waals surface area contributed by atoms with E-state index in [9.17, 15) is 21.6 Å². The van der Waals surface area contributed by atoms with Crippen LogP contribution in [0.3, 0.4) is 0 Å². The Morgan fingerprint density at radius 2 is 1.50 bits per heavy atom. The molecule has 0 amide bonds. The van der Waals surface area contributed by atoms with E-state index in [1.165, 1.54) is 50.7 Å². The third kappa shape index (κ3) is 10.5. The van der Waals surface area contributed by atoms with Crippen LogP contribution in [0.25, 0.3) is 0 Å². The first kappa shape index (κ1) is 29.0. The molecule has 1 aromatic carbocycles. The summed E-state index contributed by atoms with van der Waals surface area (Å²) in [5, 5.41) is 2.71. The van der Waals surface area contributed by atoms with Gasteiger partial charge in [0, 0.05) is 5.69 Å². The van der Waals surface area contributed by atoms with Crippen LogP contribution in [0.5, 0.6) is 0 Å². The van der Waals surface area contributed by atoms with Crippen LogP contribution in [0.1, 0.15) is 108 Å². The molecule has 0 aliphatic heterocycles. The van der Waals surface area contributed by atoms with Crippen molar-refractivity contribution in [3.8, 4) is 0 Å². The highest BCUT2D eigenvalue weighted by atomic mass is 32.2. The molecule has 1 saturated carbocycles. The lowest BCUT2D eigenvalue weighted by Gasteiger charge is -2.19. The smallest absolute Gasteiger partial charge is 0.316 e. The standard InChI is InChI=1S/C26H43F3N2O2S/c1-2-3-4-5-6-7-10-13-19-30-20-18-22-16-17-23(21-25(22)26(27,28)29)31-34(32,33)24-14-11-8-9-12-15-24/h16-17,21,24,30-31H,2-15,18-20H2,1H3. The number of halogens is 3. The van der Waals surface area contributed by atoms with Gasteiger partial charge >= 0.3 is 6.18 Å². The maximum atomic E-state index is 13.7. The largest absolute Gasteiger partial charge is 0.416 e. The molecule has 196 valence electrons. The highest BCUT2D eigenvalue weighted by molar-refractivity contribution is 7.93. The Kier molecular flexibility index (Phi) is 12.7. The second-order valence-corrected chi connectivity index (χ2v) is 11.6. The van der Waals surface area contributed by atoms with Gasteiger partial charge in [-0.3, -0.25) is 4.72 Å². The van der Waals surface area contributed by atoms with Crippen molar-refractivity contribution in [2.75, 3.05) is 17.8 Å². The Balaban J connectivity index is 1.84. The van der Waals surface area contributed by atoms with E-state index in [-0.39, 0.29) is 17.7 Å². The molecular formula is C26H43F3N2O2S. The van der Waals surface area contributed by atoms with Crippen molar-refractivity contribution in [3.05, 3.63) is 29.3 Å². The van der Waals surface area contributed by atoms with Crippen LogP contribution in [0, 0.1) is 0 Å². The zero-order valence-corrected chi connectivity index (χ0v) is 21.5. The lowest BCUT2D eigenvalue weighted by Crippen LogP contribution is -2.27. The van der Waals surface area contributed by atoms with Crippen molar-refractivity contribution in [2.24, 2.45) is 0 Å². The van der Waals surface area contributed by atoms with E-state index < -0.39 is 27.0 Å². The second-order valence-electron chi connectivity index (χ2n) is 9.61. The normalized spacial score (nSPS) is 15.9. The van der Waals surface area contributed by atoms with Crippen LogP contribution in [0.15, 0.2) is 18.2 Å². The summed E-state index contributed by atoms with van der Waals surface area (Å²) in [5.41, 5.74) is -0.581. The van der Waals surface area contributed by atoms with Crippen molar-refractivity contribution < 1.29 is 21.6 Å². The SMILES string of the molecule is CCCCCCCCCCNCCc1ccc(NS(=O)(=O)C2CCCCCC2)cc1C(F)(F)F. The van der Waals surface area contributed by atoms with Gasteiger partial charge in [-0.05, 0) is 56.5 Å². The van der Waals surface area contributed by atoms with Crippen LogP contribution < -0.4 is 10.0 Å². The van der Waals surface area contributed by atoms with Crippen molar-refractivity contribution >= 4 is 15.7 Å². The van der Waals surface area contributed by atoms with Gasteiger partial charge in [-0.1, -0.05) is 83.6 Å². The quantitative estimate of drug-likeness (QED) is 0.193. The van der Waals surface area contributed by atoms with Gasteiger partial charge in [-0.15, -0.1) is 0 Å². The summed E-state index contributed by atoms with van der Waals surface area (Å²) < 4.78 is 69.0. The summed E-state index contributed by atoms with van der Waals surface area (Å²) in [6.07, 6.45) is 10.3. The molecule has 1 aromatic rings. The lowest BCUT2D eigenvalue weighted by atomic mass is 10.0.